The van der Waals surface area contributed by atoms with Crippen molar-refractivity contribution in [3.63, 3.8) is 0 Å². The molecule has 0 aliphatic rings. The SMILES string of the molecule is CCCCCCCCCCCCCCCCCCCCCCCC(=O)OC(COCCC(C(=O)O)[N+](C)(C)C)COC(=O)CCCCCCCCCCCCC. The Morgan fingerprint density at radius 2 is 0.786 bits per heavy atom. The van der Waals surface area contributed by atoms with E-state index in [-0.39, 0.29) is 36.2 Å². The van der Waals surface area contributed by atoms with E-state index < -0.39 is 18.1 Å². The molecule has 332 valence electrons. The van der Waals surface area contributed by atoms with Crippen molar-refractivity contribution in [2.45, 2.75) is 251 Å². The zero-order chi connectivity index (χ0) is 41.4. The predicted molar refractivity (Wildman–Crippen MR) is 234 cm³/mol. The Balaban J connectivity index is 4.17. The fraction of sp³-hybridized carbons (Fsp3) is 0.938. The summed E-state index contributed by atoms with van der Waals surface area (Å²) in [6, 6.07) is -0.608. The van der Waals surface area contributed by atoms with Crippen molar-refractivity contribution >= 4 is 17.9 Å². The molecule has 0 bridgehead atoms. The van der Waals surface area contributed by atoms with E-state index in [1.165, 1.54) is 167 Å². The fourth-order valence-electron chi connectivity index (χ4n) is 7.51. The molecule has 0 aliphatic heterocycles. The second-order valence-corrected chi connectivity index (χ2v) is 17.7. The number of carbonyl (C=O) groups is 3. The summed E-state index contributed by atoms with van der Waals surface area (Å²) in [5.74, 6) is -1.44. The Bertz CT molecular complexity index is 889. The number of ether oxygens (including phenoxy) is 3. The van der Waals surface area contributed by atoms with Crippen LogP contribution in [0.5, 0.6) is 0 Å². The highest BCUT2D eigenvalue weighted by Crippen LogP contribution is 2.17. The van der Waals surface area contributed by atoms with Gasteiger partial charge in [0.2, 0.25) is 0 Å². The van der Waals surface area contributed by atoms with Crippen LogP contribution in [0.4, 0.5) is 0 Å². The predicted octanol–water partition coefficient (Wildman–Crippen LogP) is 13.3. The number of carboxylic acid groups (broad SMARTS) is 1. The number of nitrogens with zero attached hydrogens (tertiary/aromatic N) is 1. The number of rotatable bonds is 44. The van der Waals surface area contributed by atoms with Gasteiger partial charge in [-0.15, -0.1) is 0 Å². The highest BCUT2D eigenvalue weighted by molar-refractivity contribution is 5.72. The lowest BCUT2D eigenvalue weighted by Gasteiger charge is -2.31. The molecule has 2 atom stereocenters. The molecule has 8 nitrogen and oxygen atoms in total. The Kier molecular flexibility index (Phi) is 38.9. The second kappa shape index (κ2) is 40.1. The molecule has 0 amide bonds. The van der Waals surface area contributed by atoms with Crippen LogP contribution in [-0.2, 0) is 28.6 Å². The molecule has 0 rings (SSSR count). The van der Waals surface area contributed by atoms with E-state index in [1.807, 2.05) is 21.1 Å². The maximum atomic E-state index is 12.7. The van der Waals surface area contributed by atoms with Crippen LogP contribution in [-0.4, -0.2) is 80.6 Å². The van der Waals surface area contributed by atoms with Crippen LogP contribution in [0.2, 0.25) is 0 Å². The summed E-state index contributed by atoms with van der Waals surface area (Å²) in [6.07, 6.45) is 41.5. The molecule has 8 heteroatoms. The summed E-state index contributed by atoms with van der Waals surface area (Å²) in [7, 11) is 5.54. The molecule has 0 aromatic carbocycles. The number of esters is 2. The zero-order valence-corrected chi connectivity index (χ0v) is 37.9. The normalized spacial score (nSPS) is 12.8. The number of carboxylic acids is 1. The van der Waals surface area contributed by atoms with Gasteiger partial charge in [-0.25, -0.2) is 4.79 Å². The van der Waals surface area contributed by atoms with Crippen LogP contribution >= 0.6 is 0 Å². The van der Waals surface area contributed by atoms with Gasteiger partial charge in [0, 0.05) is 19.3 Å². The van der Waals surface area contributed by atoms with Gasteiger partial charge in [-0.05, 0) is 12.8 Å². The van der Waals surface area contributed by atoms with Crippen molar-refractivity contribution in [3.8, 4) is 0 Å². The first kappa shape index (κ1) is 54.3. The Morgan fingerprint density at radius 1 is 0.464 bits per heavy atom. The van der Waals surface area contributed by atoms with E-state index in [0.29, 0.717) is 19.3 Å². The molecule has 0 saturated heterocycles. The minimum atomic E-state index is -0.870. The molecule has 0 heterocycles. The quantitative estimate of drug-likeness (QED) is 0.0372. The third-order valence-corrected chi connectivity index (χ3v) is 11.3. The monoisotopic (exact) mass is 797 g/mol. The van der Waals surface area contributed by atoms with Gasteiger partial charge in [0.05, 0.1) is 34.4 Å². The summed E-state index contributed by atoms with van der Waals surface area (Å²) in [4.78, 5) is 37.0. The van der Waals surface area contributed by atoms with Crippen molar-refractivity contribution in [2.24, 2.45) is 0 Å². The molecule has 56 heavy (non-hydrogen) atoms. The maximum absolute atomic E-state index is 12.7. The number of likely N-dealkylation sites (N-methyl/N-ethyl adjacent to an activating group) is 1. The lowest BCUT2D eigenvalue weighted by molar-refractivity contribution is -0.887. The molecule has 2 unspecified atom stereocenters. The van der Waals surface area contributed by atoms with Crippen molar-refractivity contribution < 1.29 is 38.2 Å². The van der Waals surface area contributed by atoms with Crippen LogP contribution < -0.4 is 0 Å². The number of aliphatic carboxylic acids is 1. The minimum Gasteiger partial charge on any atom is -0.477 e. The molecule has 0 aromatic heterocycles. The van der Waals surface area contributed by atoms with E-state index in [1.54, 1.807) is 0 Å². The van der Waals surface area contributed by atoms with E-state index in [9.17, 15) is 19.5 Å². The van der Waals surface area contributed by atoms with Crippen LogP contribution in [0, 0.1) is 0 Å². The average Bonchev–Trinajstić information content (AvgIpc) is 3.15. The number of hydrogen-bond donors (Lipinski definition) is 1. The Labute approximate surface area is 346 Å². The number of unbranched alkanes of at least 4 members (excludes halogenated alkanes) is 30. The van der Waals surface area contributed by atoms with Crippen LogP contribution in [0.3, 0.4) is 0 Å². The van der Waals surface area contributed by atoms with Gasteiger partial charge in [-0.3, -0.25) is 9.59 Å². The highest BCUT2D eigenvalue weighted by atomic mass is 16.6. The van der Waals surface area contributed by atoms with Crippen LogP contribution in [0.15, 0.2) is 0 Å². The van der Waals surface area contributed by atoms with Crippen molar-refractivity contribution in [2.75, 3.05) is 41.0 Å². The molecule has 0 fully saturated rings. The number of quaternary nitrogens is 1. The minimum absolute atomic E-state index is 0.0421. The van der Waals surface area contributed by atoms with E-state index in [4.69, 9.17) is 14.2 Å². The zero-order valence-electron chi connectivity index (χ0n) is 37.9. The molecule has 1 N–H and O–H groups in total. The number of carbonyl (C=O) groups excluding carboxylic acids is 2. The molecule has 0 saturated carbocycles. The summed E-state index contributed by atoms with van der Waals surface area (Å²) < 4.78 is 17.3. The molecular weight excluding hydrogens is 703 g/mol. The first-order valence-electron chi connectivity index (χ1n) is 24.1. The third-order valence-electron chi connectivity index (χ3n) is 11.3. The van der Waals surface area contributed by atoms with Gasteiger partial charge in [0.25, 0.3) is 0 Å². The second-order valence-electron chi connectivity index (χ2n) is 17.7. The van der Waals surface area contributed by atoms with Gasteiger partial charge < -0.3 is 23.8 Å². The van der Waals surface area contributed by atoms with Crippen LogP contribution in [0.25, 0.3) is 0 Å². The topological polar surface area (TPSA) is 99.1 Å². The first-order chi connectivity index (χ1) is 27.1. The molecule has 0 aliphatic carbocycles. The molecule has 0 radical (unpaired) electrons. The van der Waals surface area contributed by atoms with Gasteiger partial charge >= 0.3 is 17.9 Å². The average molecular weight is 797 g/mol. The van der Waals surface area contributed by atoms with Crippen LogP contribution in [0.1, 0.15) is 239 Å². The van der Waals surface area contributed by atoms with Crippen molar-refractivity contribution in [1.29, 1.82) is 0 Å². The highest BCUT2D eigenvalue weighted by Gasteiger charge is 2.31. The molecular formula is C48H94NO7+. The standard InChI is InChI=1S/C48H93NO7/c1-6-8-10-12-14-16-18-19-20-21-22-23-24-25-26-27-29-31-33-35-37-39-47(51)56-44(42-54-41-40-45(48(52)53)49(3,4)5)43-55-46(50)38-36-34-32-30-28-17-15-13-11-9-7-2/h44-45H,6-43H2,1-5H3/p+1. The molecule has 0 spiro atoms. The summed E-state index contributed by atoms with van der Waals surface area (Å²) in [5.41, 5.74) is 0. The van der Waals surface area contributed by atoms with Crippen molar-refractivity contribution in [3.05, 3.63) is 0 Å². The summed E-state index contributed by atoms with van der Waals surface area (Å²) in [5, 5.41) is 9.62. The first-order valence-corrected chi connectivity index (χ1v) is 24.1. The van der Waals surface area contributed by atoms with E-state index in [2.05, 4.69) is 13.8 Å². The molecule has 0 aromatic rings. The fourth-order valence-corrected chi connectivity index (χ4v) is 7.51. The van der Waals surface area contributed by atoms with Gasteiger partial charge in [-0.1, -0.05) is 206 Å². The number of hydrogen-bond acceptors (Lipinski definition) is 6. The summed E-state index contributed by atoms with van der Waals surface area (Å²) >= 11 is 0. The van der Waals surface area contributed by atoms with Gasteiger partial charge in [0.15, 0.2) is 12.1 Å². The smallest absolute Gasteiger partial charge is 0.362 e. The third kappa shape index (κ3) is 37.9. The maximum Gasteiger partial charge on any atom is 0.362 e. The van der Waals surface area contributed by atoms with Gasteiger partial charge in [-0.2, -0.15) is 0 Å². The Morgan fingerprint density at radius 3 is 1.11 bits per heavy atom. The van der Waals surface area contributed by atoms with E-state index >= 15 is 0 Å². The lowest BCUT2D eigenvalue weighted by atomic mass is 10.0. The van der Waals surface area contributed by atoms with Crippen molar-refractivity contribution in [1.82, 2.24) is 0 Å². The summed E-state index contributed by atoms with van der Waals surface area (Å²) in [6.45, 7) is 4.77. The lowest BCUT2D eigenvalue weighted by Crippen LogP contribution is -2.50. The van der Waals surface area contributed by atoms with Gasteiger partial charge in [0.1, 0.15) is 6.61 Å². The largest absolute Gasteiger partial charge is 0.477 e. The van der Waals surface area contributed by atoms with E-state index in [0.717, 1.165) is 38.5 Å². The Hall–Kier alpha value is -1.67.